The fraction of sp³-hybridized carbons (Fsp3) is 0.333. The van der Waals surface area contributed by atoms with Crippen molar-refractivity contribution >= 4 is 17.9 Å². The van der Waals surface area contributed by atoms with E-state index in [4.69, 9.17) is 5.21 Å². The zero-order chi connectivity index (χ0) is 16.1. The number of carbonyl (C=O) groups excluding carboxylic acids is 1. The number of carbonyl (C=O) groups is 1. The minimum absolute atomic E-state index is 0.00208. The molecule has 0 heterocycles. The standard InChI is InChI=1S/C12H15F3N4O2/c1-11(2,7-16-21)19-18-10(20)17-9-5-3-4-8(6-9)12(13,14)15/h3-7,19,21H,1-2H3,(H2,17,18,20)/b16-7+. The first-order chi connectivity index (χ1) is 9.64. The molecular formula is C12H15F3N4O2. The molecule has 9 heteroatoms. The summed E-state index contributed by atoms with van der Waals surface area (Å²) in [6.07, 6.45) is -3.34. The molecule has 0 bridgehead atoms. The number of nitrogens with one attached hydrogen (secondary N) is 3. The van der Waals surface area contributed by atoms with Crippen LogP contribution >= 0.6 is 0 Å². The van der Waals surface area contributed by atoms with Gasteiger partial charge in [-0.25, -0.2) is 10.2 Å². The van der Waals surface area contributed by atoms with Crippen LogP contribution in [-0.4, -0.2) is 23.0 Å². The lowest BCUT2D eigenvalue weighted by Gasteiger charge is -2.21. The van der Waals surface area contributed by atoms with Gasteiger partial charge >= 0.3 is 12.2 Å². The van der Waals surface area contributed by atoms with Crippen LogP contribution in [0.5, 0.6) is 0 Å². The van der Waals surface area contributed by atoms with Gasteiger partial charge in [-0.2, -0.15) is 13.2 Å². The summed E-state index contributed by atoms with van der Waals surface area (Å²) in [6.45, 7) is 3.22. The lowest BCUT2D eigenvalue weighted by molar-refractivity contribution is -0.137. The van der Waals surface area contributed by atoms with Gasteiger partial charge in [-0.1, -0.05) is 6.07 Å². The van der Waals surface area contributed by atoms with E-state index in [0.717, 1.165) is 18.3 Å². The topological polar surface area (TPSA) is 85.8 Å². The lowest BCUT2D eigenvalue weighted by Crippen LogP contribution is -2.52. The maximum atomic E-state index is 12.5. The summed E-state index contributed by atoms with van der Waals surface area (Å²) >= 11 is 0. The first-order valence-corrected chi connectivity index (χ1v) is 5.84. The number of rotatable bonds is 4. The Morgan fingerprint density at radius 3 is 2.57 bits per heavy atom. The van der Waals surface area contributed by atoms with E-state index in [9.17, 15) is 18.0 Å². The van der Waals surface area contributed by atoms with E-state index < -0.39 is 23.3 Å². The predicted molar refractivity (Wildman–Crippen MR) is 71.1 cm³/mol. The van der Waals surface area contributed by atoms with Gasteiger partial charge in [0.25, 0.3) is 0 Å². The Balaban J connectivity index is 2.64. The molecule has 1 aromatic carbocycles. The number of oxime groups is 1. The van der Waals surface area contributed by atoms with Crippen molar-refractivity contribution in [2.24, 2.45) is 5.16 Å². The monoisotopic (exact) mass is 304 g/mol. The highest BCUT2D eigenvalue weighted by atomic mass is 19.4. The largest absolute Gasteiger partial charge is 0.416 e. The Kier molecular flexibility index (Phi) is 5.14. The van der Waals surface area contributed by atoms with Crippen LogP contribution in [0.25, 0.3) is 0 Å². The van der Waals surface area contributed by atoms with Gasteiger partial charge in [0.05, 0.1) is 17.3 Å². The van der Waals surface area contributed by atoms with Crippen LogP contribution in [0.15, 0.2) is 29.4 Å². The van der Waals surface area contributed by atoms with Crippen LogP contribution in [0.1, 0.15) is 19.4 Å². The summed E-state index contributed by atoms with van der Waals surface area (Å²) in [6, 6.07) is 3.49. The normalized spacial score (nSPS) is 12.4. The van der Waals surface area contributed by atoms with Crippen LogP contribution in [0.3, 0.4) is 0 Å². The number of alkyl halides is 3. The maximum Gasteiger partial charge on any atom is 0.416 e. The van der Waals surface area contributed by atoms with E-state index in [1.807, 2.05) is 0 Å². The molecule has 2 amide bonds. The molecule has 0 spiro atoms. The highest BCUT2D eigenvalue weighted by Crippen LogP contribution is 2.30. The third-order valence-corrected chi connectivity index (χ3v) is 2.33. The Labute approximate surface area is 119 Å². The summed E-state index contributed by atoms with van der Waals surface area (Å²) < 4.78 is 37.5. The summed E-state index contributed by atoms with van der Waals surface area (Å²) in [7, 11) is 0. The molecule has 116 valence electrons. The Hall–Kier alpha value is -2.29. The van der Waals surface area contributed by atoms with Crippen molar-refractivity contribution in [1.82, 2.24) is 10.9 Å². The van der Waals surface area contributed by atoms with Gasteiger partial charge in [-0.15, -0.1) is 5.16 Å². The second-order valence-electron chi connectivity index (χ2n) is 4.75. The molecule has 0 aliphatic rings. The highest BCUT2D eigenvalue weighted by molar-refractivity contribution is 5.89. The van der Waals surface area contributed by atoms with Gasteiger partial charge in [-0.3, -0.25) is 5.43 Å². The number of hydrogen-bond donors (Lipinski definition) is 4. The molecular weight excluding hydrogens is 289 g/mol. The van der Waals surface area contributed by atoms with E-state index >= 15 is 0 Å². The predicted octanol–water partition coefficient (Wildman–Crippen LogP) is 2.57. The molecule has 0 saturated carbocycles. The zero-order valence-electron chi connectivity index (χ0n) is 11.3. The first-order valence-electron chi connectivity index (χ1n) is 5.84. The number of nitrogens with zero attached hydrogens (tertiary/aromatic N) is 1. The van der Waals surface area contributed by atoms with Crippen LogP contribution in [-0.2, 0) is 6.18 Å². The average Bonchev–Trinajstić information content (AvgIpc) is 2.36. The van der Waals surface area contributed by atoms with Crippen LogP contribution < -0.4 is 16.2 Å². The van der Waals surface area contributed by atoms with Crippen molar-refractivity contribution < 1.29 is 23.2 Å². The zero-order valence-corrected chi connectivity index (χ0v) is 11.3. The van der Waals surface area contributed by atoms with Gasteiger partial charge in [0.1, 0.15) is 0 Å². The van der Waals surface area contributed by atoms with Gasteiger partial charge in [0.15, 0.2) is 0 Å². The molecule has 0 aliphatic heterocycles. The van der Waals surface area contributed by atoms with Crippen molar-refractivity contribution in [1.29, 1.82) is 0 Å². The van der Waals surface area contributed by atoms with E-state index in [0.29, 0.717) is 0 Å². The van der Waals surface area contributed by atoms with Gasteiger partial charge in [0, 0.05) is 5.69 Å². The third-order valence-electron chi connectivity index (χ3n) is 2.33. The van der Waals surface area contributed by atoms with Crippen LogP contribution in [0.2, 0.25) is 0 Å². The second kappa shape index (κ2) is 6.44. The maximum absolute atomic E-state index is 12.5. The highest BCUT2D eigenvalue weighted by Gasteiger charge is 2.30. The fourth-order valence-electron chi connectivity index (χ4n) is 1.33. The van der Waals surface area contributed by atoms with Crippen molar-refractivity contribution in [2.45, 2.75) is 25.6 Å². The molecule has 1 rings (SSSR count). The molecule has 6 nitrogen and oxygen atoms in total. The quantitative estimate of drug-likeness (QED) is 0.392. The SMILES string of the molecule is CC(C)(/C=N/O)NNC(=O)Nc1cccc(C(F)(F)F)c1. The number of hydrogen-bond acceptors (Lipinski definition) is 4. The Morgan fingerprint density at radius 1 is 1.33 bits per heavy atom. The van der Waals surface area contributed by atoms with Crippen molar-refractivity contribution in [3.05, 3.63) is 29.8 Å². The number of hydrazine groups is 1. The molecule has 0 radical (unpaired) electrons. The molecule has 0 unspecified atom stereocenters. The van der Waals surface area contributed by atoms with E-state index in [1.54, 1.807) is 13.8 Å². The van der Waals surface area contributed by atoms with E-state index in [2.05, 4.69) is 21.3 Å². The van der Waals surface area contributed by atoms with E-state index in [-0.39, 0.29) is 5.69 Å². The van der Waals surface area contributed by atoms with Crippen LogP contribution in [0.4, 0.5) is 23.7 Å². The molecule has 0 aromatic heterocycles. The summed E-state index contributed by atoms with van der Waals surface area (Å²) in [5, 5.41) is 13.5. The van der Waals surface area contributed by atoms with Gasteiger partial charge in [-0.05, 0) is 32.0 Å². The number of amides is 2. The second-order valence-corrected chi connectivity index (χ2v) is 4.75. The number of halogens is 3. The molecule has 21 heavy (non-hydrogen) atoms. The van der Waals surface area contributed by atoms with Crippen LogP contribution in [0, 0.1) is 0 Å². The van der Waals surface area contributed by atoms with Crippen molar-refractivity contribution in [2.75, 3.05) is 5.32 Å². The molecule has 0 fully saturated rings. The van der Waals surface area contributed by atoms with Crippen molar-refractivity contribution in [3.63, 3.8) is 0 Å². The first kappa shape index (κ1) is 16.8. The number of urea groups is 1. The molecule has 0 atom stereocenters. The van der Waals surface area contributed by atoms with Gasteiger partial charge < -0.3 is 10.5 Å². The average molecular weight is 304 g/mol. The number of benzene rings is 1. The summed E-state index contributed by atoms with van der Waals surface area (Å²) in [5.41, 5.74) is 3.07. The smallest absolute Gasteiger partial charge is 0.411 e. The number of anilines is 1. The minimum atomic E-state index is -4.48. The summed E-state index contributed by atoms with van der Waals surface area (Å²) in [5.74, 6) is 0. The fourth-order valence-corrected chi connectivity index (χ4v) is 1.33. The summed E-state index contributed by atoms with van der Waals surface area (Å²) in [4.78, 5) is 11.6. The Morgan fingerprint density at radius 2 is 2.00 bits per heavy atom. The molecule has 1 aromatic rings. The van der Waals surface area contributed by atoms with Gasteiger partial charge in [0.2, 0.25) is 0 Å². The molecule has 4 N–H and O–H groups in total. The molecule has 0 aliphatic carbocycles. The molecule has 0 saturated heterocycles. The minimum Gasteiger partial charge on any atom is -0.411 e. The Bertz CT molecular complexity index is 529. The third kappa shape index (κ3) is 5.69. The lowest BCUT2D eigenvalue weighted by atomic mass is 10.1. The van der Waals surface area contributed by atoms with Crippen molar-refractivity contribution in [3.8, 4) is 0 Å². The van der Waals surface area contributed by atoms with E-state index in [1.165, 1.54) is 12.1 Å².